The van der Waals surface area contributed by atoms with Crippen LogP contribution in [0.1, 0.15) is 86.8 Å². The minimum atomic E-state index is -4.50. The Morgan fingerprint density at radius 2 is 1.18 bits per heavy atom. The van der Waals surface area contributed by atoms with E-state index in [1.807, 2.05) is 0 Å². The monoisotopic (exact) mass is 560 g/mol. The van der Waals surface area contributed by atoms with Crippen molar-refractivity contribution >= 4 is 0 Å². The molecule has 0 N–H and O–H groups in total. The lowest BCUT2D eigenvalue weighted by molar-refractivity contribution is -0.222. The van der Waals surface area contributed by atoms with Crippen LogP contribution in [0.15, 0.2) is 66.7 Å². The van der Waals surface area contributed by atoms with Crippen LogP contribution in [0.4, 0.5) is 26.3 Å². The number of halogens is 6. The molecule has 0 spiro atoms. The molecule has 0 amide bonds. The molecule has 3 aromatic carbocycles. The average Bonchev–Trinajstić information content (AvgIpc) is 2.93. The van der Waals surface area contributed by atoms with Crippen molar-refractivity contribution < 1.29 is 31.1 Å². The Morgan fingerprint density at radius 3 is 1.68 bits per heavy atom. The summed E-state index contributed by atoms with van der Waals surface area (Å²) < 4.78 is 88.3. The van der Waals surface area contributed by atoms with Crippen LogP contribution in [-0.2, 0) is 6.18 Å². The van der Waals surface area contributed by atoms with Gasteiger partial charge in [-0.2, -0.15) is 22.0 Å². The fourth-order valence-electron chi connectivity index (χ4n) is 6.27. The van der Waals surface area contributed by atoms with Gasteiger partial charge in [-0.1, -0.05) is 56.2 Å². The highest BCUT2D eigenvalue weighted by molar-refractivity contribution is 5.65. The quantitative estimate of drug-likeness (QED) is 0.273. The summed E-state index contributed by atoms with van der Waals surface area (Å²) in [6.07, 6.45) is -1.13. The van der Waals surface area contributed by atoms with E-state index in [9.17, 15) is 17.6 Å². The molecular formula is C33H34F6O. The van der Waals surface area contributed by atoms with E-state index in [1.54, 1.807) is 0 Å². The van der Waals surface area contributed by atoms with Gasteiger partial charge in [0.15, 0.2) is 0 Å². The van der Waals surface area contributed by atoms with Crippen LogP contribution in [0.5, 0.6) is 5.75 Å². The molecule has 5 rings (SSSR count). The molecule has 0 atom stereocenters. The highest BCUT2D eigenvalue weighted by Crippen LogP contribution is 2.44. The molecule has 0 aliphatic heterocycles. The molecule has 2 saturated carbocycles. The minimum absolute atomic E-state index is 0.00830. The number of rotatable bonds is 6. The third-order valence-electron chi connectivity index (χ3n) is 8.82. The first-order valence-corrected chi connectivity index (χ1v) is 14.1. The molecule has 2 aliphatic carbocycles. The van der Waals surface area contributed by atoms with Gasteiger partial charge in [0.1, 0.15) is 11.6 Å². The van der Waals surface area contributed by atoms with Crippen LogP contribution in [-0.4, -0.2) is 6.11 Å². The van der Waals surface area contributed by atoms with E-state index >= 15 is 8.78 Å². The van der Waals surface area contributed by atoms with Gasteiger partial charge in [-0.3, -0.25) is 0 Å². The maximum Gasteiger partial charge on any atom is 0.416 e. The summed E-state index contributed by atoms with van der Waals surface area (Å²) in [5, 5.41) is 0. The normalized spacial score (nSPS) is 24.1. The number of hydrogen-bond donors (Lipinski definition) is 0. The second-order valence-corrected chi connectivity index (χ2v) is 11.6. The summed E-state index contributed by atoms with van der Waals surface area (Å²) in [6, 6.07) is 16.1. The van der Waals surface area contributed by atoms with Gasteiger partial charge in [-0.25, -0.2) is 4.39 Å². The van der Waals surface area contributed by atoms with Gasteiger partial charge in [-0.15, -0.1) is 0 Å². The third-order valence-corrected chi connectivity index (χ3v) is 8.82. The zero-order valence-electron chi connectivity index (χ0n) is 22.5. The van der Waals surface area contributed by atoms with Crippen LogP contribution < -0.4 is 4.74 Å². The molecule has 0 heterocycles. The van der Waals surface area contributed by atoms with Crippen LogP contribution in [0, 0.1) is 17.7 Å². The topological polar surface area (TPSA) is 9.23 Å². The van der Waals surface area contributed by atoms with Crippen molar-refractivity contribution in [2.24, 2.45) is 11.8 Å². The lowest BCUT2D eigenvalue weighted by Gasteiger charge is -2.33. The first-order valence-electron chi connectivity index (χ1n) is 14.1. The standard InChI is InChI=1S/C33H34F6O/c1-21-2-4-22(5-3-21)23-6-8-24(9-7-23)25-10-16-28(17-11-25)33(38,39)40-29-18-19-30(31(34)20-29)26-12-14-27(15-13-26)32(35,36)37/h6-9,12-15,18-22,25,28H,2-5,10-11,16-17H2,1H3. The third kappa shape index (κ3) is 6.50. The van der Waals surface area contributed by atoms with Gasteiger partial charge in [0, 0.05) is 11.6 Å². The van der Waals surface area contributed by atoms with Crippen molar-refractivity contribution in [1.82, 2.24) is 0 Å². The SMILES string of the molecule is CC1CCC(c2ccc(C3CCC(C(F)(F)Oc4ccc(-c5ccc(C(F)(F)F)cc5)c(F)c4)CC3)cc2)CC1. The molecule has 1 nitrogen and oxygen atoms in total. The maximum atomic E-state index is 15.1. The average molecular weight is 561 g/mol. The largest absolute Gasteiger partial charge is 0.432 e. The summed E-state index contributed by atoms with van der Waals surface area (Å²) in [6.45, 7) is 2.31. The zero-order chi connectivity index (χ0) is 28.5. The van der Waals surface area contributed by atoms with E-state index in [0.717, 1.165) is 36.2 Å². The zero-order valence-corrected chi connectivity index (χ0v) is 22.5. The molecule has 0 bridgehead atoms. The van der Waals surface area contributed by atoms with Crippen LogP contribution >= 0.6 is 0 Å². The molecule has 3 aromatic rings. The van der Waals surface area contributed by atoms with E-state index in [-0.39, 0.29) is 22.8 Å². The minimum Gasteiger partial charge on any atom is -0.432 e. The van der Waals surface area contributed by atoms with Gasteiger partial charge in [0.25, 0.3) is 0 Å². The molecule has 0 radical (unpaired) electrons. The maximum absolute atomic E-state index is 15.1. The van der Waals surface area contributed by atoms with Crippen molar-refractivity contribution in [1.29, 1.82) is 0 Å². The molecule has 0 saturated heterocycles. The number of benzene rings is 3. The van der Waals surface area contributed by atoms with Gasteiger partial charge in [0.2, 0.25) is 0 Å². The van der Waals surface area contributed by atoms with E-state index < -0.39 is 29.6 Å². The molecule has 40 heavy (non-hydrogen) atoms. The Balaban J connectivity index is 1.17. The number of ether oxygens (including phenoxy) is 1. The highest BCUT2D eigenvalue weighted by atomic mass is 19.4. The molecule has 7 heteroatoms. The van der Waals surface area contributed by atoms with E-state index in [1.165, 1.54) is 48.9 Å². The molecule has 214 valence electrons. The van der Waals surface area contributed by atoms with Crippen LogP contribution in [0.2, 0.25) is 0 Å². The van der Waals surface area contributed by atoms with E-state index in [2.05, 4.69) is 31.2 Å². The Labute approximate surface area is 231 Å². The Morgan fingerprint density at radius 1 is 0.650 bits per heavy atom. The van der Waals surface area contributed by atoms with Crippen LogP contribution in [0.25, 0.3) is 11.1 Å². The van der Waals surface area contributed by atoms with Gasteiger partial charge < -0.3 is 4.74 Å². The summed E-state index contributed by atoms with van der Waals surface area (Å²) in [5.74, 6) is -0.488. The smallest absolute Gasteiger partial charge is 0.416 e. The summed E-state index contributed by atoms with van der Waals surface area (Å²) >= 11 is 0. The Kier molecular flexibility index (Phi) is 8.21. The second kappa shape index (κ2) is 11.5. The predicted molar refractivity (Wildman–Crippen MR) is 144 cm³/mol. The van der Waals surface area contributed by atoms with Crippen molar-refractivity contribution in [3.63, 3.8) is 0 Å². The fourth-order valence-corrected chi connectivity index (χ4v) is 6.27. The lowest BCUT2D eigenvalue weighted by Crippen LogP contribution is -2.37. The number of alkyl halides is 5. The van der Waals surface area contributed by atoms with Crippen molar-refractivity contribution in [2.75, 3.05) is 0 Å². The summed E-state index contributed by atoms with van der Waals surface area (Å²) in [7, 11) is 0. The predicted octanol–water partition coefficient (Wildman–Crippen LogP) is 10.8. The highest BCUT2D eigenvalue weighted by Gasteiger charge is 2.44. The van der Waals surface area contributed by atoms with Crippen molar-refractivity contribution in [2.45, 2.75) is 82.4 Å². The van der Waals surface area contributed by atoms with Gasteiger partial charge in [-0.05, 0) is 97.2 Å². The first kappa shape index (κ1) is 28.6. The summed E-state index contributed by atoms with van der Waals surface area (Å²) in [4.78, 5) is 0. The van der Waals surface area contributed by atoms with Crippen molar-refractivity contribution in [3.8, 4) is 16.9 Å². The second-order valence-electron chi connectivity index (χ2n) is 11.6. The molecular weight excluding hydrogens is 526 g/mol. The Hall–Kier alpha value is -2.96. The van der Waals surface area contributed by atoms with Crippen molar-refractivity contribution in [3.05, 3.63) is 89.2 Å². The lowest BCUT2D eigenvalue weighted by atomic mass is 9.76. The number of hydrogen-bond acceptors (Lipinski definition) is 1. The Bertz CT molecular complexity index is 1270. The van der Waals surface area contributed by atoms with E-state index in [4.69, 9.17) is 4.74 Å². The van der Waals surface area contributed by atoms with E-state index in [0.29, 0.717) is 31.6 Å². The fraction of sp³-hybridized carbons (Fsp3) is 0.455. The summed E-state index contributed by atoms with van der Waals surface area (Å²) in [5.41, 5.74) is 1.94. The van der Waals surface area contributed by atoms with Gasteiger partial charge >= 0.3 is 12.3 Å². The van der Waals surface area contributed by atoms with Gasteiger partial charge in [0.05, 0.1) is 11.5 Å². The molecule has 0 aromatic heterocycles. The molecule has 0 unspecified atom stereocenters. The van der Waals surface area contributed by atoms with Crippen LogP contribution in [0.3, 0.4) is 0 Å². The molecule has 2 fully saturated rings. The first-order chi connectivity index (χ1) is 19.0. The molecule has 2 aliphatic rings.